The summed E-state index contributed by atoms with van der Waals surface area (Å²) in [4.78, 5) is 14.0. The average Bonchev–Trinajstić information content (AvgIpc) is 2.83. The van der Waals surface area contributed by atoms with Gasteiger partial charge in [0.15, 0.2) is 17.6 Å². The number of aliphatic hydroxyl groups is 1. The summed E-state index contributed by atoms with van der Waals surface area (Å²) in [5.74, 6) is 0.654. The third kappa shape index (κ3) is 6.23. The minimum Gasteiger partial charge on any atom is -0.493 e. The molecule has 0 aromatic heterocycles. The number of benzene rings is 3. The van der Waals surface area contributed by atoms with Gasteiger partial charge in [0, 0.05) is 6.54 Å². The predicted molar refractivity (Wildman–Crippen MR) is 121 cm³/mol. The summed E-state index contributed by atoms with van der Waals surface area (Å²) < 4.78 is 11.6. The Morgan fingerprint density at radius 1 is 0.935 bits per heavy atom. The van der Waals surface area contributed by atoms with Gasteiger partial charge in [-0.3, -0.25) is 4.79 Å². The Morgan fingerprint density at radius 3 is 2.13 bits per heavy atom. The van der Waals surface area contributed by atoms with Gasteiger partial charge in [-0.05, 0) is 23.3 Å². The first kappa shape index (κ1) is 22.7. The first-order chi connectivity index (χ1) is 15.1. The number of carbonyl (C=O) groups excluding carboxylic acids is 1. The summed E-state index contributed by atoms with van der Waals surface area (Å²) in [5.41, 5.74) is 1.74. The molecule has 31 heavy (non-hydrogen) atoms. The number of alkyl halides is 1. The zero-order valence-corrected chi connectivity index (χ0v) is 18.1. The Balaban J connectivity index is 1.85. The smallest absolute Gasteiger partial charge is 0.237 e. The molecule has 1 amide bonds. The van der Waals surface area contributed by atoms with Crippen molar-refractivity contribution in [2.24, 2.45) is 0 Å². The van der Waals surface area contributed by atoms with Gasteiger partial charge in [0.2, 0.25) is 5.91 Å². The highest BCUT2D eigenvalue weighted by Crippen LogP contribution is 2.32. The van der Waals surface area contributed by atoms with Crippen LogP contribution in [0, 0.1) is 0 Å². The van der Waals surface area contributed by atoms with E-state index in [0.717, 1.165) is 11.1 Å². The topological polar surface area (TPSA) is 59.0 Å². The highest BCUT2D eigenvalue weighted by Gasteiger charge is 2.28. The molecule has 0 saturated carbocycles. The normalized spacial score (nSPS) is 12.6. The van der Waals surface area contributed by atoms with Crippen molar-refractivity contribution in [3.8, 4) is 11.5 Å². The number of amides is 1. The fourth-order valence-electron chi connectivity index (χ4n) is 3.33. The Kier molecular flexibility index (Phi) is 8.33. The van der Waals surface area contributed by atoms with Crippen LogP contribution in [0.25, 0.3) is 0 Å². The average molecular weight is 440 g/mol. The zero-order valence-electron chi connectivity index (χ0n) is 17.4. The van der Waals surface area contributed by atoms with E-state index in [0.29, 0.717) is 18.0 Å². The van der Waals surface area contributed by atoms with Crippen LogP contribution in [-0.2, 0) is 11.3 Å². The lowest BCUT2D eigenvalue weighted by atomic mass is 10.0. The number of nitrogens with zero attached hydrogens (tertiary/aromatic N) is 1. The summed E-state index contributed by atoms with van der Waals surface area (Å²) in [6.07, 6.45) is -1.71. The maximum atomic E-state index is 12.5. The first-order valence-electron chi connectivity index (χ1n) is 10.0. The minimum absolute atomic E-state index is 0.0646. The van der Waals surface area contributed by atoms with Gasteiger partial charge < -0.3 is 19.5 Å². The van der Waals surface area contributed by atoms with E-state index in [1.54, 1.807) is 24.1 Å². The maximum Gasteiger partial charge on any atom is 0.237 e. The van der Waals surface area contributed by atoms with Gasteiger partial charge in [0.05, 0.1) is 13.7 Å². The number of hydrogen-bond donors (Lipinski definition) is 1. The summed E-state index contributed by atoms with van der Waals surface area (Å²) in [5, 5.41) is 11.2. The van der Waals surface area contributed by atoms with E-state index in [-0.39, 0.29) is 18.3 Å². The van der Waals surface area contributed by atoms with E-state index in [2.05, 4.69) is 0 Å². The van der Waals surface area contributed by atoms with Crippen molar-refractivity contribution in [1.82, 2.24) is 4.90 Å². The van der Waals surface area contributed by atoms with E-state index in [4.69, 9.17) is 21.1 Å². The molecule has 3 aromatic rings. The Bertz CT molecular complexity index is 952. The third-order valence-corrected chi connectivity index (χ3v) is 5.12. The van der Waals surface area contributed by atoms with Gasteiger partial charge in [-0.15, -0.1) is 11.6 Å². The molecule has 0 spiro atoms. The molecule has 0 aliphatic rings. The molecule has 0 saturated heterocycles. The zero-order chi connectivity index (χ0) is 22.1. The van der Waals surface area contributed by atoms with E-state index >= 15 is 0 Å². The van der Waals surface area contributed by atoms with Crippen LogP contribution in [-0.4, -0.2) is 41.6 Å². The number of halogens is 1. The van der Waals surface area contributed by atoms with Gasteiger partial charge in [-0.2, -0.15) is 0 Å². The van der Waals surface area contributed by atoms with Crippen LogP contribution < -0.4 is 9.47 Å². The summed E-state index contributed by atoms with van der Waals surface area (Å²) in [7, 11) is 1.57. The van der Waals surface area contributed by atoms with E-state index < -0.39 is 12.2 Å². The molecule has 2 atom stereocenters. The van der Waals surface area contributed by atoms with E-state index in [1.807, 2.05) is 72.8 Å². The highest BCUT2D eigenvalue weighted by molar-refractivity contribution is 6.27. The second-order valence-corrected chi connectivity index (χ2v) is 7.33. The lowest BCUT2D eigenvalue weighted by Crippen LogP contribution is -2.41. The fraction of sp³-hybridized carbons (Fsp3) is 0.240. The number of carbonyl (C=O) groups is 1. The van der Waals surface area contributed by atoms with E-state index in [9.17, 15) is 9.90 Å². The molecule has 6 heteroatoms. The molecule has 162 valence electrons. The van der Waals surface area contributed by atoms with Crippen molar-refractivity contribution < 1.29 is 19.4 Å². The molecule has 0 aliphatic carbocycles. The summed E-state index contributed by atoms with van der Waals surface area (Å²) in [6, 6.07) is 26.3. The SMILES string of the molecule is COc1ccccc1OC(c1ccccc1)C(O)CN(Cc1ccccc1)C(=O)CCl. The lowest BCUT2D eigenvalue weighted by molar-refractivity contribution is -0.131. The second-order valence-electron chi connectivity index (χ2n) is 7.06. The number of methoxy groups -OCH3 is 1. The summed E-state index contributed by atoms with van der Waals surface area (Å²) >= 11 is 5.84. The number of para-hydroxylation sites is 2. The number of hydrogen-bond acceptors (Lipinski definition) is 4. The predicted octanol–water partition coefficient (Wildman–Crippen LogP) is 4.44. The van der Waals surface area contributed by atoms with Crippen LogP contribution in [0.15, 0.2) is 84.9 Å². The van der Waals surface area contributed by atoms with Crippen molar-refractivity contribution in [3.05, 3.63) is 96.1 Å². The van der Waals surface area contributed by atoms with Crippen molar-refractivity contribution in [2.45, 2.75) is 18.8 Å². The maximum absolute atomic E-state index is 12.5. The first-order valence-corrected chi connectivity index (χ1v) is 10.6. The number of rotatable bonds is 10. The fourth-order valence-corrected chi connectivity index (χ4v) is 3.50. The monoisotopic (exact) mass is 439 g/mol. The quantitative estimate of drug-likeness (QED) is 0.474. The summed E-state index contributed by atoms with van der Waals surface area (Å²) in [6.45, 7) is 0.411. The molecule has 2 unspecified atom stereocenters. The number of ether oxygens (including phenoxy) is 2. The number of aliphatic hydroxyl groups excluding tert-OH is 1. The molecule has 0 aliphatic heterocycles. The molecule has 0 heterocycles. The standard InChI is InChI=1S/C25H26ClNO4/c1-30-22-14-8-9-15-23(22)31-25(20-12-6-3-7-13-20)21(28)18-27(24(29)16-26)17-19-10-4-2-5-11-19/h2-15,21,25,28H,16-18H2,1H3. The molecule has 0 bridgehead atoms. The third-order valence-electron chi connectivity index (χ3n) is 4.89. The lowest BCUT2D eigenvalue weighted by Gasteiger charge is -2.30. The van der Waals surface area contributed by atoms with Gasteiger partial charge in [-0.25, -0.2) is 0 Å². The largest absolute Gasteiger partial charge is 0.493 e. The van der Waals surface area contributed by atoms with Crippen LogP contribution >= 0.6 is 11.6 Å². The van der Waals surface area contributed by atoms with Crippen LogP contribution in [0.1, 0.15) is 17.2 Å². The van der Waals surface area contributed by atoms with Crippen LogP contribution in [0.2, 0.25) is 0 Å². The van der Waals surface area contributed by atoms with Crippen molar-refractivity contribution in [2.75, 3.05) is 19.5 Å². The van der Waals surface area contributed by atoms with Crippen LogP contribution in [0.5, 0.6) is 11.5 Å². The van der Waals surface area contributed by atoms with Crippen molar-refractivity contribution >= 4 is 17.5 Å². The molecular weight excluding hydrogens is 414 g/mol. The van der Waals surface area contributed by atoms with Crippen LogP contribution in [0.4, 0.5) is 0 Å². The highest BCUT2D eigenvalue weighted by atomic mass is 35.5. The molecule has 0 radical (unpaired) electrons. The molecule has 0 fully saturated rings. The molecule has 1 N–H and O–H groups in total. The Morgan fingerprint density at radius 2 is 1.52 bits per heavy atom. The molecule has 5 nitrogen and oxygen atoms in total. The van der Waals surface area contributed by atoms with Gasteiger partial charge in [0.1, 0.15) is 12.0 Å². The Hall–Kier alpha value is -3.02. The minimum atomic E-state index is -0.997. The Labute approximate surface area is 187 Å². The van der Waals surface area contributed by atoms with Crippen LogP contribution in [0.3, 0.4) is 0 Å². The van der Waals surface area contributed by atoms with Gasteiger partial charge >= 0.3 is 0 Å². The van der Waals surface area contributed by atoms with E-state index in [1.165, 1.54) is 0 Å². The second kappa shape index (κ2) is 11.4. The molecule has 3 rings (SSSR count). The van der Waals surface area contributed by atoms with Crippen molar-refractivity contribution in [3.63, 3.8) is 0 Å². The van der Waals surface area contributed by atoms with Gasteiger partial charge in [0.25, 0.3) is 0 Å². The molecule has 3 aromatic carbocycles. The van der Waals surface area contributed by atoms with Gasteiger partial charge in [-0.1, -0.05) is 72.8 Å². The van der Waals surface area contributed by atoms with Crippen molar-refractivity contribution in [1.29, 1.82) is 0 Å². The molecular formula is C25H26ClNO4.